The van der Waals surface area contributed by atoms with E-state index in [1.54, 1.807) is 25.1 Å². The summed E-state index contributed by atoms with van der Waals surface area (Å²) < 4.78 is 16.2. The summed E-state index contributed by atoms with van der Waals surface area (Å²) in [5.41, 5.74) is 8.03. The van der Waals surface area contributed by atoms with Crippen molar-refractivity contribution < 1.29 is 14.2 Å². The van der Waals surface area contributed by atoms with E-state index in [0.29, 0.717) is 33.8 Å². The molecule has 27 heavy (non-hydrogen) atoms. The van der Waals surface area contributed by atoms with Gasteiger partial charge in [0.25, 0.3) is 5.56 Å². The third kappa shape index (κ3) is 2.10. The average Bonchev–Trinajstić information content (AvgIpc) is 3.24. The lowest BCUT2D eigenvalue weighted by atomic mass is 9.84. The van der Waals surface area contributed by atoms with Crippen LogP contribution in [0.5, 0.6) is 17.4 Å². The Morgan fingerprint density at radius 3 is 2.85 bits per heavy atom. The van der Waals surface area contributed by atoms with Crippen LogP contribution >= 0.6 is 0 Å². The number of aryl methyl sites for hydroxylation is 1. The quantitative estimate of drug-likeness (QED) is 0.595. The number of pyridine rings is 1. The van der Waals surface area contributed by atoms with E-state index in [0.717, 1.165) is 5.39 Å². The molecule has 5 rings (SSSR count). The zero-order valence-electron chi connectivity index (χ0n) is 14.1. The number of aromatic nitrogens is 3. The SMILES string of the molecule is Cc1[nH]nc2c1C(c1cc3cc4c(cc3[nH]c1=O)OCO4)C(C#N)=C(N)O2. The number of aromatic amines is 2. The molecule has 0 amide bonds. The van der Waals surface area contributed by atoms with Crippen molar-refractivity contribution in [2.24, 2.45) is 5.73 Å². The summed E-state index contributed by atoms with van der Waals surface area (Å²) in [5, 5.41) is 17.3. The molecule has 1 aromatic carbocycles. The van der Waals surface area contributed by atoms with Gasteiger partial charge in [-0.3, -0.25) is 9.89 Å². The Balaban J connectivity index is 1.78. The molecule has 0 fully saturated rings. The van der Waals surface area contributed by atoms with E-state index in [-0.39, 0.29) is 29.7 Å². The highest BCUT2D eigenvalue weighted by atomic mass is 16.7. The zero-order chi connectivity index (χ0) is 18.7. The lowest BCUT2D eigenvalue weighted by Gasteiger charge is -2.23. The van der Waals surface area contributed by atoms with Gasteiger partial charge in [-0.2, -0.15) is 5.26 Å². The van der Waals surface area contributed by atoms with Gasteiger partial charge in [-0.15, -0.1) is 5.10 Å². The van der Waals surface area contributed by atoms with Crippen molar-refractivity contribution in [3.63, 3.8) is 0 Å². The van der Waals surface area contributed by atoms with E-state index in [4.69, 9.17) is 19.9 Å². The first kappa shape index (κ1) is 15.3. The van der Waals surface area contributed by atoms with Crippen LogP contribution in [-0.2, 0) is 0 Å². The minimum Gasteiger partial charge on any atom is -0.454 e. The van der Waals surface area contributed by atoms with Crippen LogP contribution in [-0.4, -0.2) is 22.0 Å². The van der Waals surface area contributed by atoms with Gasteiger partial charge in [-0.05, 0) is 19.1 Å². The van der Waals surface area contributed by atoms with Gasteiger partial charge in [0.1, 0.15) is 11.6 Å². The summed E-state index contributed by atoms with van der Waals surface area (Å²) in [7, 11) is 0. The Bertz CT molecular complexity index is 1250. The predicted molar refractivity (Wildman–Crippen MR) is 93.3 cm³/mol. The van der Waals surface area contributed by atoms with Crippen LogP contribution < -0.4 is 25.5 Å². The van der Waals surface area contributed by atoms with Crippen molar-refractivity contribution in [1.29, 1.82) is 5.26 Å². The molecule has 1 atom stereocenters. The molecule has 0 bridgehead atoms. The van der Waals surface area contributed by atoms with E-state index >= 15 is 0 Å². The van der Waals surface area contributed by atoms with Crippen LogP contribution in [0.25, 0.3) is 10.9 Å². The second-order valence-corrected chi connectivity index (χ2v) is 6.34. The Kier molecular flexibility index (Phi) is 3.00. The summed E-state index contributed by atoms with van der Waals surface area (Å²) in [5.74, 6) is 0.692. The van der Waals surface area contributed by atoms with Gasteiger partial charge in [-0.25, -0.2) is 0 Å². The number of nitrogens with one attached hydrogen (secondary N) is 2. The van der Waals surface area contributed by atoms with Gasteiger partial charge in [0, 0.05) is 28.3 Å². The number of rotatable bonds is 1. The van der Waals surface area contributed by atoms with Crippen LogP contribution in [0.15, 0.2) is 34.4 Å². The number of nitriles is 1. The van der Waals surface area contributed by atoms with Crippen molar-refractivity contribution in [2.75, 3.05) is 6.79 Å². The van der Waals surface area contributed by atoms with E-state index < -0.39 is 5.92 Å². The molecule has 0 saturated heterocycles. The van der Waals surface area contributed by atoms with E-state index in [1.807, 2.05) is 0 Å². The first-order valence-corrected chi connectivity index (χ1v) is 8.16. The van der Waals surface area contributed by atoms with Crippen LogP contribution in [0.1, 0.15) is 22.7 Å². The van der Waals surface area contributed by atoms with Gasteiger partial charge in [0.05, 0.1) is 11.4 Å². The normalized spacial score (nSPS) is 17.6. The monoisotopic (exact) mass is 363 g/mol. The molecular weight excluding hydrogens is 350 g/mol. The molecule has 1 unspecified atom stereocenters. The van der Waals surface area contributed by atoms with Gasteiger partial charge in [-0.1, -0.05) is 0 Å². The number of fused-ring (bicyclic) bond motifs is 3. The molecule has 4 heterocycles. The second kappa shape index (κ2) is 5.28. The van der Waals surface area contributed by atoms with Crippen molar-refractivity contribution in [3.05, 3.63) is 56.8 Å². The molecule has 2 aromatic heterocycles. The fraction of sp³-hybridized carbons (Fsp3) is 0.167. The smallest absolute Gasteiger partial charge is 0.252 e. The Hall–Kier alpha value is -3.93. The van der Waals surface area contributed by atoms with Crippen LogP contribution in [0.3, 0.4) is 0 Å². The van der Waals surface area contributed by atoms with Crippen LogP contribution in [0.4, 0.5) is 0 Å². The molecule has 0 spiro atoms. The number of benzene rings is 1. The number of hydrogen-bond acceptors (Lipinski definition) is 7. The largest absolute Gasteiger partial charge is 0.454 e. The number of nitrogens with zero attached hydrogens (tertiary/aromatic N) is 2. The number of H-pyrrole nitrogens is 2. The molecule has 9 heteroatoms. The van der Waals surface area contributed by atoms with Crippen molar-refractivity contribution in [3.8, 4) is 23.4 Å². The second-order valence-electron chi connectivity index (χ2n) is 6.34. The molecule has 4 N–H and O–H groups in total. The van der Waals surface area contributed by atoms with Gasteiger partial charge >= 0.3 is 0 Å². The van der Waals surface area contributed by atoms with Gasteiger partial charge < -0.3 is 24.9 Å². The topological polar surface area (TPSA) is 139 Å². The van der Waals surface area contributed by atoms with Gasteiger partial charge in [0.15, 0.2) is 11.5 Å². The third-order valence-electron chi connectivity index (χ3n) is 4.81. The molecule has 0 saturated carbocycles. The molecule has 134 valence electrons. The van der Waals surface area contributed by atoms with Crippen molar-refractivity contribution >= 4 is 10.9 Å². The minimum atomic E-state index is -0.684. The molecule has 0 radical (unpaired) electrons. The van der Waals surface area contributed by atoms with Gasteiger partial charge in [0.2, 0.25) is 18.6 Å². The number of ether oxygens (including phenoxy) is 3. The first-order valence-electron chi connectivity index (χ1n) is 8.16. The molecular formula is C18H13N5O4. The van der Waals surface area contributed by atoms with Crippen molar-refractivity contribution in [2.45, 2.75) is 12.8 Å². The van der Waals surface area contributed by atoms with Crippen LogP contribution in [0, 0.1) is 18.3 Å². The third-order valence-corrected chi connectivity index (χ3v) is 4.81. The first-order chi connectivity index (χ1) is 13.1. The fourth-order valence-electron chi connectivity index (χ4n) is 3.54. The highest BCUT2D eigenvalue weighted by Crippen LogP contribution is 2.42. The highest BCUT2D eigenvalue weighted by Gasteiger charge is 2.36. The Labute approximate surface area is 152 Å². The summed E-state index contributed by atoms with van der Waals surface area (Å²) in [6, 6.07) is 7.31. The van der Waals surface area contributed by atoms with Crippen molar-refractivity contribution in [1.82, 2.24) is 15.2 Å². The average molecular weight is 363 g/mol. The maximum Gasteiger partial charge on any atom is 0.252 e. The lowest BCUT2D eigenvalue weighted by Crippen LogP contribution is -2.25. The maximum atomic E-state index is 12.9. The van der Waals surface area contributed by atoms with E-state index in [9.17, 15) is 10.1 Å². The minimum absolute atomic E-state index is 0.0633. The summed E-state index contributed by atoms with van der Waals surface area (Å²) in [6.07, 6.45) is 0. The molecule has 2 aliphatic rings. The summed E-state index contributed by atoms with van der Waals surface area (Å²) in [6.45, 7) is 1.93. The standard InChI is InChI=1S/C18H13N5O4/c1-7-14-15(10(5-19)16(20)27-18(14)23-22-7)9-2-8-3-12-13(26-6-25-12)4-11(8)21-17(9)24/h2-4,15H,6,20H2,1H3,(H,21,24)(H,22,23). The van der Waals surface area contributed by atoms with E-state index in [1.165, 1.54) is 0 Å². The Morgan fingerprint density at radius 2 is 2.07 bits per heavy atom. The maximum absolute atomic E-state index is 12.9. The lowest BCUT2D eigenvalue weighted by molar-refractivity contribution is 0.174. The number of allylic oxidation sites excluding steroid dienone is 1. The summed E-state index contributed by atoms with van der Waals surface area (Å²) in [4.78, 5) is 15.7. The van der Waals surface area contributed by atoms with E-state index in [2.05, 4.69) is 21.3 Å². The summed E-state index contributed by atoms with van der Waals surface area (Å²) >= 11 is 0. The predicted octanol–water partition coefficient (Wildman–Crippen LogP) is 1.51. The Morgan fingerprint density at radius 1 is 1.30 bits per heavy atom. The number of nitrogens with two attached hydrogens (primary N) is 1. The zero-order valence-corrected chi connectivity index (χ0v) is 14.1. The number of hydrogen-bond donors (Lipinski definition) is 3. The highest BCUT2D eigenvalue weighted by molar-refractivity contribution is 5.83. The fourth-order valence-corrected chi connectivity index (χ4v) is 3.54. The van der Waals surface area contributed by atoms with Crippen LogP contribution in [0.2, 0.25) is 0 Å². The molecule has 9 nitrogen and oxygen atoms in total. The molecule has 2 aliphatic heterocycles. The molecule has 0 aliphatic carbocycles. The molecule has 3 aromatic rings.